The highest BCUT2D eigenvalue weighted by atomic mass is 35.5. The van der Waals surface area contributed by atoms with E-state index in [1.165, 1.54) is 38.5 Å². The number of carbonyl (C=O) groups is 1. The second-order valence-electron chi connectivity index (χ2n) is 7.89. The van der Waals surface area contributed by atoms with Crippen molar-refractivity contribution >= 4 is 46.4 Å². The molecule has 1 aromatic carbocycles. The molecule has 124 valence electrons. The lowest BCUT2D eigenvalue weighted by Crippen LogP contribution is -2.47. The van der Waals surface area contributed by atoms with Crippen LogP contribution in [0.1, 0.15) is 44.9 Å². The van der Waals surface area contributed by atoms with Crippen LogP contribution in [0.25, 0.3) is 0 Å². The number of amides is 1. The minimum Gasteiger partial charge on any atom is -0.325 e. The van der Waals surface area contributed by atoms with Gasteiger partial charge < -0.3 is 5.32 Å². The molecular weight excluding hydrogens is 353 g/mol. The number of benzene rings is 1. The van der Waals surface area contributed by atoms with E-state index in [4.69, 9.17) is 34.8 Å². The van der Waals surface area contributed by atoms with Gasteiger partial charge in [-0.05, 0) is 73.8 Å². The summed E-state index contributed by atoms with van der Waals surface area (Å²) in [5, 5.41) is 4.17. The van der Waals surface area contributed by atoms with Crippen molar-refractivity contribution in [2.75, 3.05) is 5.32 Å². The van der Waals surface area contributed by atoms with Crippen LogP contribution in [-0.2, 0) is 4.79 Å². The lowest BCUT2D eigenvalue weighted by atomic mass is 9.49. The summed E-state index contributed by atoms with van der Waals surface area (Å²) in [7, 11) is 0. The van der Waals surface area contributed by atoms with Crippen LogP contribution in [0.5, 0.6) is 0 Å². The summed E-state index contributed by atoms with van der Waals surface area (Å²) in [6, 6.07) is 3.20. The summed E-state index contributed by atoms with van der Waals surface area (Å²) in [5.74, 6) is 2.60. The Labute approximate surface area is 151 Å². The average Bonchev–Trinajstić information content (AvgIpc) is 2.42. The Morgan fingerprint density at radius 2 is 1.48 bits per heavy atom. The number of halogens is 3. The summed E-state index contributed by atoms with van der Waals surface area (Å²) in [6.45, 7) is 0. The van der Waals surface area contributed by atoms with Crippen LogP contribution in [-0.4, -0.2) is 5.91 Å². The topological polar surface area (TPSA) is 29.1 Å². The first-order chi connectivity index (χ1) is 10.9. The van der Waals surface area contributed by atoms with Gasteiger partial charge in [0.15, 0.2) is 0 Å². The molecule has 2 nitrogen and oxygen atoms in total. The lowest BCUT2D eigenvalue weighted by Gasteiger charge is -2.56. The fourth-order valence-electron chi connectivity index (χ4n) is 5.66. The highest BCUT2D eigenvalue weighted by Gasteiger charge is 2.51. The molecule has 1 amide bonds. The summed E-state index contributed by atoms with van der Waals surface area (Å²) in [4.78, 5) is 12.6. The zero-order valence-corrected chi connectivity index (χ0v) is 15.1. The molecule has 0 atom stereocenters. The van der Waals surface area contributed by atoms with Crippen LogP contribution in [0.4, 0.5) is 5.69 Å². The third-order valence-electron chi connectivity index (χ3n) is 5.98. The number of hydrogen-bond donors (Lipinski definition) is 1. The minimum atomic E-state index is 0.0484. The normalized spacial score (nSPS) is 34.7. The fraction of sp³-hybridized carbons (Fsp3) is 0.611. The van der Waals surface area contributed by atoms with E-state index in [1.54, 1.807) is 12.1 Å². The first-order valence-corrected chi connectivity index (χ1v) is 9.50. The maximum atomic E-state index is 12.6. The van der Waals surface area contributed by atoms with Gasteiger partial charge in [-0.25, -0.2) is 0 Å². The predicted molar refractivity (Wildman–Crippen MR) is 95.3 cm³/mol. The maximum absolute atomic E-state index is 12.6. The van der Waals surface area contributed by atoms with Crippen molar-refractivity contribution < 1.29 is 4.79 Å². The van der Waals surface area contributed by atoms with E-state index in [-0.39, 0.29) is 11.3 Å². The van der Waals surface area contributed by atoms with Crippen molar-refractivity contribution in [3.05, 3.63) is 27.2 Å². The van der Waals surface area contributed by atoms with Crippen LogP contribution in [0.3, 0.4) is 0 Å². The first-order valence-electron chi connectivity index (χ1n) is 8.37. The first kappa shape index (κ1) is 16.1. The molecule has 1 aromatic rings. The van der Waals surface area contributed by atoms with E-state index >= 15 is 0 Å². The molecule has 4 bridgehead atoms. The molecule has 1 N–H and O–H groups in total. The molecule has 0 aromatic heterocycles. The Morgan fingerprint density at radius 1 is 0.957 bits per heavy atom. The largest absolute Gasteiger partial charge is 0.325 e. The highest BCUT2D eigenvalue weighted by Crippen LogP contribution is 2.61. The molecule has 0 aliphatic heterocycles. The second-order valence-corrected chi connectivity index (χ2v) is 9.11. The summed E-state index contributed by atoms with van der Waals surface area (Å²) >= 11 is 18.1. The zero-order valence-electron chi connectivity index (χ0n) is 12.9. The van der Waals surface area contributed by atoms with Crippen LogP contribution in [0, 0.1) is 23.2 Å². The van der Waals surface area contributed by atoms with Gasteiger partial charge in [-0.1, -0.05) is 34.8 Å². The third kappa shape index (κ3) is 3.10. The monoisotopic (exact) mass is 371 g/mol. The Hall–Kier alpha value is -0.440. The van der Waals surface area contributed by atoms with Crippen LogP contribution in [0.15, 0.2) is 12.1 Å². The van der Waals surface area contributed by atoms with Crippen molar-refractivity contribution in [3.63, 3.8) is 0 Å². The molecule has 0 radical (unpaired) electrons. The Kier molecular flexibility index (Phi) is 4.06. The maximum Gasteiger partial charge on any atom is 0.224 e. The second kappa shape index (κ2) is 5.82. The minimum absolute atomic E-state index is 0.0484. The van der Waals surface area contributed by atoms with Gasteiger partial charge in [0, 0.05) is 6.42 Å². The van der Waals surface area contributed by atoms with Crippen molar-refractivity contribution in [2.24, 2.45) is 23.2 Å². The van der Waals surface area contributed by atoms with Crippen molar-refractivity contribution in [1.82, 2.24) is 0 Å². The van der Waals surface area contributed by atoms with E-state index in [1.807, 2.05) is 0 Å². The van der Waals surface area contributed by atoms with E-state index < -0.39 is 0 Å². The molecule has 4 fully saturated rings. The Bertz CT molecular complexity index is 623. The Morgan fingerprint density at radius 3 is 2.04 bits per heavy atom. The van der Waals surface area contributed by atoms with Gasteiger partial charge in [0.1, 0.15) is 0 Å². The smallest absolute Gasteiger partial charge is 0.224 e. The van der Waals surface area contributed by atoms with Crippen molar-refractivity contribution in [1.29, 1.82) is 0 Å². The van der Waals surface area contributed by atoms with Gasteiger partial charge in [-0.2, -0.15) is 0 Å². The molecule has 4 aliphatic carbocycles. The van der Waals surface area contributed by atoms with E-state index in [2.05, 4.69) is 5.32 Å². The molecule has 4 saturated carbocycles. The number of rotatable bonds is 3. The van der Waals surface area contributed by atoms with Crippen molar-refractivity contribution in [2.45, 2.75) is 44.9 Å². The van der Waals surface area contributed by atoms with Gasteiger partial charge in [0.25, 0.3) is 0 Å². The molecular formula is C18H20Cl3NO. The Balaban J connectivity index is 1.47. The number of anilines is 1. The van der Waals surface area contributed by atoms with E-state index in [9.17, 15) is 4.79 Å². The average molecular weight is 373 g/mol. The van der Waals surface area contributed by atoms with Crippen molar-refractivity contribution in [3.8, 4) is 0 Å². The molecule has 23 heavy (non-hydrogen) atoms. The van der Waals surface area contributed by atoms with Crippen LogP contribution >= 0.6 is 34.8 Å². The van der Waals surface area contributed by atoms with Gasteiger partial charge >= 0.3 is 0 Å². The number of carbonyl (C=O) groups excluding carboxylic acids is 1. The highest BCUT2D eigenvalue weighted by molar-refractivity contribution is 6.44. The zero-order chi connectivity index (χ0) is 16.2. The summed E-state index contributed by atoms with van der Waals surface area (Å²) in [5.41, 5.74) is 0.775. The fourth-order valence-corrected chi connectivity index (χ4v) is 6.25. The lowest BCUT2D eigenvalue weighted by molar-refractivity contribution is -0.124. The number of nitrogens with one attached hydrogen (secondary N) is 1. The predicted octanol–water partition coefficient (Wildman–Crippen LogP) is 6.19. The third-order valence-corrected chi connectivity index (χ3v) is 7.02. The molecule has 5 rings (SSSR count). The molecule has 0 unspecified atom stereocenters. The summed E-state index contributed by atoms with van der Waals surface area (Å²) < 4.78 is 0. The van der Waals surface area contributed by atoms with Gasteiger partial charge in [-0.15, -0.1) is 0 Å². The van der Waals surface area contributed by atoms with Gasteiger partial charge in [0.05, 0.1) is 20.8 Å². The quantitative estimate of drug-likeness (QED) is 0.629. The van der Waals surface area contributed by atoms with Gasteiger partial charge in [-0.3, -0.25) is 4.79 Å². The molecule has 0 spiro atoms. The molecule has 0 saturated heterocycles. The molecule has 0 heterocycles. The molecule has 4 aliphatic rings. The summed E-state index contributed by atoms with van der Waals surface area (Å²) in [6.07, 6.45) is 8.44. The van der Waals surface area contributed by atoms with E-state index in [0.29, 0.717) is 27.2 Å². The SMILES string of the molecule is O=C(CC12CC3CC(CC(C3)C1)C2)Nc1cc(Cl)c(Cl)cc1Cl. The van der Waals surface area contributed by atoms with E-state index in [0.717, 1.165) is 17.8 Å². The number of hydrogen-bond acceptors (Lipinski definition) is 1. The molecule has 5 heteroatoms. The van der Waals surface area contributed by atoms with Gasteiger partial charge in [0.2, 0.25) is 5.91 Å². The van der Waals surface area contributed by atoms with Crippen LogP contribution < -0.4 is 5.32 Å². The standard InChI is InChI=1S/C18H20Cl3NO/c19-13-4-15(21)16(5-14(13)20)22-17(23)9-18-6-10-1-11(7-18)3-12(2-10)8-18/h4-5,10-12H,1-3,6-9H2,(H,22,23). The van der Waals surface area contributed by atoms with Crippen LogP contribution in [0.2, 0.25) is 15.1 Å².